The van der Waals surface area contributed by atoms with Crippen LogP contribution in [0.4, 0.5) is 0 Å². The van der Waals surface area contributed by atoms with Crippen LogP contribution in [0.3, 0.4) is 0 Å². The highest BCUT2D eigenvalue weighted by Crippen LogP contribution is 2.53. The third-order valence-electron chi connectivity index (χ3n) is 3.69. The molecule has 7 heteroatoms. The molecule has 0 spiro atoms. The Kier molecular flexibility index (Phi) is 4.11. The third-order valence-corrected chi connectivity index (χ3v) is 8.56. The number of nitrogens with zero attached hydrogens (tertiary/aromatic N) is 2. The Balaban J connectivity index is 1.88. The molecular weight excluding hydrogens is 405 g/mol. The quantitative estimate of drug-likeness (QED) is 0.305. The number of thiophene rings is 3. The molecule has 25 heavy (non-hydrogen) atoms. The van der Waals surface area contributed by atoms with Crippen molar-refractivity contribution in [2.45, 2.75) is 0 Å². The van der Waals surface area contributed by atoms with Crippen LogP contribution < -0.4 is 0 Å². The van der Waals surface area contributed by atoms with Gasteiger partial charge >= 0.3 is 0 Å². The van der Waals surface area contributed by atoms with Crippen molar-refractivity contribution in [3.05, 3.63) is 58.2 Å². The van der Waals surface area contributed by atoms with E-state index >= 15 is 0 Å². The molecule has 0 aromatic carbocycles. The van der Waals surface area contributed by atoms with Crippen molar-refractivity contribution in [3.63, 3.8) is 0 Å². The van der Waals surface area contributed by atoms with E-state index in [4.69, 9.17) is 0 Å². The molecule has 5 aromatic heterocycles. The van der Waals surface area contributed by atoms with Crippen molar-refractivity contribution >= 4 is 56.7 Å². The Bertz CT molecular complexity index is 982. The number of rotatable bonds is 4. The monoisotopic (exact) mass is 414 g/mol. The van der Waals surface area contributed by atoms with E-state index < -0.39 is 0 Å². The van der Waals surface area contributed by atoms with Crippen LogP contribution in [0.2, 0.25) is 0 Å². The molecule has 5 rings (SSSR count). The Hall–Kier alpha value is -1.64. The minimum absolute atomic E-state index is 1.06. The van der Waals surface area contributed by atoms with Crippen molar-refractivity contribution in [2.24, 2.45) is 0 Å². The van der Waals surface area contributed by atoms with Crippen molar-refractivity contribution in [1.29, 1.82) is 0 Å². The maximum atomic E-state index is 4.63. The zero-order chi connectivity index (χ0) is 16.6. The fourth-order valence-electron chi connectivity index (χ4n) is 2.70. The van der Waals surface area contributed by atoms with Gasteiger partial charge < -0.3 is 0 Å². The predicted octanol–water partition coefficient (Wildman–Crippen LogP) is 7.45. The molecule has 0 saturated heterocycles. The molecule has 0 saturated carbocycles. The zero-order valence-electron chi connectivity index (χ0n) is 12.7. The third kappa shape index (κ3) is 2.72. The highest BCUT2D eigenvalue weighted by atomic mass is 32.1. The van der Waals surface area contributed by atoms with Gasteiger partial charge in [-0.25, -0.2) is 9.97 Å². The largest absolute Gasteiger partial charge is 0.244 e. The van der Waals surface area contributed by atoms with E-state index in [1.807, 2.05) is 34.5 Å². The molecule has 122 valence electrons. The van der Waals surface area contributed by atoms with Gasteiger partial charge in [0.25, 0.3) is 0 Å². The van der Waals surface area contributed by atoms with Crippen LogP contribution in [0.5, 0.6) is 0 Å². The lowest BCUT2D eigenvalue weighted by atomic mass is 10.1. The van der Waals surface area contributed by atoms with Gasteiger partial charge in [0.1, 0.15) is 10.0 Å². The SMILES string of the molecule is c1csc(-c2sc(-c3cccs3)c(-c3nccs3)c2-c2nccs2)c1. The van der Waals surface area contributed by atoms with Gasteiger partial charge in [-0.05, 0) is 22.9 Å². The molecule has 0 N–H and O–H groups in total. The van der Waals surface area contributed by atoms with E-state index in [0.717, 1.165) is 10.0 Å². The lowest BCUT2D eigenvalue weighted by molar-refractivity contribution is 1.40. The summed E-state index contributed by atoms with van der Waals surface area (Å²) in [6, 6.07) is 8.60. The molecule has 0 atom stereocenters. The molecule has 0 aliphatic carbocycles. The smallest absolute Gasteiger partial charge is 0.125 e. The standard InChI is InChI=1S/C18H10N2S5/c1-3-11(21-7-1)15-13(17-19-5-9-23-17)14(18-20-6-10-24-18)16(25-15)12-4-2-8-22-12/h1-10H. The normalized spacial score (nSPS) is 11.2. The fraction of sp³-hybridized carbons (Fsp3) is 0. The predicted molar refractivity (Wildman–Crippen MR) is 113 cm³/mol. The first-order chi connectivity index (χ1) is 12.4. The molecule has 0 bridgehead atoms. The fourth-order valence-corrected chi connectivity index (χ4v) is 7.24. The van der Waals surface area contributed by atoms with Crippen LogP contribution in [-0.4, -0.2) is 9.97 Å². The van der Waals surface area contributed by atoms with E-state index in [1.54, 1.807) is 45.3 Å². The summed E-state index contributed by atoms with van der Waals surface area (Å²) >= 11 is 8.79. The molecular formula is C18H10N2S5. The van der Waals surface area contributed by atoms with Gasteiger partial charge in [0.05, 0.1) is 9.75 Å². The molecule has 0 fully saturated rings. The van der Waals surface area contributed by atoms with Crippen LogP contribution in [0.15, 0.2) is 58.2 Å². The van der Waals surface area contributed by atoms with Gasteiger partial charge in [0.15, 0.2) is 0 Å². The first-order valence-electron chi connectivity index (χ1n) is 7.46. The summed E-state index contributed by atoms with van der Waals surface area (Å²) in [5.74, 6) is 0. The summed E-state index contributed by atoms with van der Waals surface area (Å²) in [6.07, 6.45) is 3.76. The van der Waals surface area contributed by atoms with Crippen LogP contribution in [0.1, 0.15) is 0 Å². The summed E-state index contributed by atoms with van der Waals surface area (Å²) < 4.78 is 0. The van der Waals surface area contributed by atoms with Crippen LogP contribution in [0.25, 0.3) is 40.7 Å². The number of hydrogen-bond donors (Lipinski definition) is 0. The first kappa shape index (κ1) is 15.6. The molecule has 0 amide bonds. The highest BCUT2D eigenvalue weighted by Gasteiger charge is 2.26. The van der Waals surface area contributed by atoms with Crippen molar-refractivity contribution in [3.8, 4) is 40.7 Å². The van der Waals surface area contributed by atoms with Crippen molar-refractivity contribution in [2.75, 3.05) is 0 Å². The molecule has 5 heterocycles. The maximum absolute atomic E-state index is 4.63. The summed E-state index contributed by atoms with van der Waals surface area (Å²) in [6.45, 7) is 0. The minimum Gasteiger partial charge on any atom is -0.244 e. The van der Waals surface area contributed by atoms with Gasteiger partial charge in [0, 0.05) is 44.0 Å². The number of hydrogen-bond acceptors (Lipinski definition) is 7. The van der Waals surface area contributed by atoms with Crippen molar-refractivity contribution in [1.82, 2.24) is 9.97 Å². The minimum atomic E-state index is 1.06. The molecule has 2 nitrogen and oxygen atoms in total. The van der Waals surface area contributed by atoms with E-state index in [-0.39, 0.29) is 0 Å². The molecule has 5 aromatic rings. The van der Waals surface area contributed by atoms with Gasteiger partial charge in [0.2, 0.25) is 0 Å². The Morgan fingerprint density at radius 1 is 0.600 bits per heavy atom. The summed E-state index contributed by atoms with van der Waals surface area (Å²) in [4.78, 5) is 14.4. The lowest BCUT2D eigenvalue weighted by Crippen LogP contribution is -1.82. The zero-order valence-corrected chi connectivity index (χ0v) is 16.8. The first-order valence-corrected chi connectivity index (χ1v) is 11.8. The molecule has 0 aliphatic rings. The Morgan fingerprint density at radius 3 is 1.48 bits per heavy atom. The van der Waals surface area contributed by atoms with Crippen LogP contribution >= 0.6 is 56.7 Å². The van der Waals surface area contributed by atoms with Gasteiger partial charge in [-0.2, -0.15) is 0 Å². The number of aromatic nitrogens is 2. The average Bonchev–Trinajstić information content (AvgIpc) is 3.48. The van der Waals surface area contributed by atoms with E-state index in [2.05, 4.69) is 45.0 Å². The van der Waals surface area contributed by atoms with E-state index in [0.29, 0.717) is 0 Å². The second-order valence-corrected chi connectivity index (χ2v) is 9.84. The maximum Gasteiger partial charge on any atom is 0.125 e. The summed E-state index contributed by atoms with van der Waals surface area (Å²) in [5, 5.41) is 10.5. The summed E-state index contributed by atoms with van der Waals surface area (Å²) in [5.41, 5.74) is 2.45. The van der Waals surface area contributed by atoms with Crippen LogP contribution in [0, 0.1) is 0 Å². The van der Waals surface area contributed by atoms with Crippen LogP contribution in [-0.2, 0) is 0 Å². The van der Waals surface area contributed by atoms with Gasteiger partial charge in [-0.3, -0.25) is 0 Å². The lowest BCUT2D eigenvalue weighted by Gasteiger charge is -2.03. The highest BCUT2D eigenvalue weighted by molar-refractivity contribution is 7.27. The second-order valence-electron chi connectivity index (χ2n) is 5.14. The Morgan fingerprint density at radius 2 is 1.12 bits per heavy atom. The van der Waals surface area contributed by atoms with E-state index in [1.165, 1.54) is 30.6 Å². The van der Waals surface area contributed by atoms with Gasteiger partial charge in [-0.15, -0.1) is 56.7 Å². The second kappa shape index (κ2) is 6.59. The average molecular weight is 415 g/mol. The molecule has 0 radical (unpaired) electrons. The van der Waals surface area contributed by atoms with E-state index in [9.17, 15) is 0 Å². The molecule has 0 aliphatic heterocycles. The van der Waals surface area contributed by atoms with Crippen molar-refractivity contribution < 1.29 is 0 Å². The number of thiazole rings is 2. The topological polar surface area (TPSA) is 25.8 Å². The summed E-state index contributed by atoms with van der Waals surface area (Å²) in [7, 11) is 0. The Labute approximate surface area is 164 Å². The van der Waals surface area contributed by atoms with Gasteiger partial charge in [-0.1, -0.05) is 12.1 Å². The molecule has 0 unspecified atom stereocenters.